The molecule has 0 unspecified atom stereocenters. The van der Waals surface area contributed by atoms with Crippen LogP contribution >= 0.6 is 0 Å². The zero-order valence-corrected chi connectivity index (χ0v) is 18.6. The summed E-state index contributed by atoms with van der Waals surface area (Å²) in [5, 5.41) is 9.86. The molecule has 0 aromatic heterocycles. The smallest absolute Gasteiger partial charge is 0.410 e. The van der Waals surface area contributed by atoms with Crippen LogP contribution in [0, 0.1) is 5.92 Å². The third-order valence-electron chi connectivity index (χ3n) is 4.51. The minimum Gasteiger partial charge on any atom is -0.597 e. The summed E-state index contributed by atoms with van der Waals surface area (Å²) in [5.74, 6) is 0.332. The van der Waals surface area contributed by atoms with E-state index in [0.29, 0.717) is 25.6 Å². The van der Waals surface area contributed by atoms with Gasteiger partial charge in [0.2, 0.25) is 0 Å². The maximum atomic E-state index is 13.0. The average Bonchev–Trinajstić information content (AvgIpc) is 2.48. The van der Waals surface area contributed by atoms with E-state index >= 15 is 0 Å². The van der Waals surface area contributed by atoms with Crippen LogP contribution < -0.4 is 0 Å². The van der Waals surface area contributed by atoms with Crippen LogP contribution in [-0.2, 0) is 16.1 Å². The normalized spacial score (nSPS) is 20.8. The van der Waals surface area contributed by atoms with Crippen molar-refractivity contribution < 1.29 is 19.2 Å². The largest absolute Gasteiger partial charge is 0.597 e. The molecule has 1 aliphatic heterocycles. The fourth-order valence-corrected chi connectivity index (χ4v) is 4.65. The van der Waals surface area contributed by atoms with Crippen LogP contribution in [0.1, 0.15) is 68.2 Å². The maximum Gasteiger partial charge on any atom is 0.410 e. The van der Waals surface area contributed by atoms with Crippen molar-refractivity contribution in [1.82, 2.24) is 9.21 Å². The molecule has 3 atom stereocenters. The van der Waals surface area contributed by atoms with Crippen molar-refractivity contribution in [2.75, 3.05) is 19.6 Å². The number of hydrogen-bond donors (Lipinski definition) is 1. The third kappa shape index (κ3) is 7.25. The second-order valence-electron chi connectivity index (χ2n) is 9.36. The highest BCUT2D eigenvalue weighted by Gasteiger charge is 2.40. The second kappa shape index (κ2) is 9.13. The van der Waals surface area contributed by atoms with E-state index in [1.165, 1.54) is 0 Å². The molecular weight excluding hydrogens is 352 g/mol. The van der Waals surface area contributed by atoms with Crippen molar-refractivity contribution >= 4 is 17.5 Å². The van der Waals surface area contributed by atoms with Gasteiger partial charge in [-0.15, -0.1) is 4.31 Å². The molecular formula is C19H38N2O4S. The Morgan fingerprint density at radius 2 is 1.73 bits per heavy atom. The van der Waals surface area contributed by atoms with E-state index in [9.17, 15) is 14.5 Å². The van der Waals surface area contributed by atoms with Crippen LogP contribution in [-0.4, -0.2) is 67.1 Å². The first-order valence-corrected chi connectivity index (χ1v) is 10.7. The lowest BCUT2D eigenvalue weighted by atomic mass is 9.90. The maximum absolute atomic E-state index is 13.0. The summed E-state index contributed by atoms with van der Waals surface area (Å²) in [5.41, 5.74) is -0.487. The van der Waals surface area contributed by atoms with Crippen molar-refractivity contribution in [3.63, 3.8) is 0 Å². The van der Waals surface area contributed by atoms with E-state index < -0.39 is 23.1 Å². The number of hydrogen-bond acceptors (Lipinski definition) is 5. The molecule has 0 bridgehead atoms. The molecule has 0 aromatic rings. The van der Waals surface area contributed by atoms with Crippen LogP contribution in [0.5, 0.6) is 0 Å². The minimum atomic E-state index is -1.19. The van der Waals surface area contributed by atoms with Crippen LogP contribution in [0.25, 0.3) is 0 Å². The highest BCUT2D eigenvalue weighted by molar-refractivity contribution is 7.90. The number of ether oxygens (including phenoxy) is 1. The van der Waals surface area contributed by atoms with E-state index in [4.69, 9.17) is 4.74 Å². The molecule has 1 aliphatic rings. The summed E-state index contributed by atoms with van der Waals surface area (Å²) in [7, 11) is 0. The Morgan fingerprint density at radius 3 is 2.12 bits per heavy atom. The van der Waals surface area contributed by atoms with E-state index in [0.717, 1.165) is 12.8 Å². The van der Waals surface area contributed by atoms with Crippen molar-refractivity contribution in [2.45, 2.75) is 90.7 Å². The van der Waals surface area contributed by atoms with Gasteiger partial charge in [-0.1, -0.05) is 0 Å². The van der Waals surface area contributed by atoms with Crippen molar-refractivity contribution in [3.8, 4) is 0 Å². The zero-order valence-electron chi connectivity index (χ0n) is 17.7. The Morgan fingerprint density at radius 1 is 1.23 bits per heavy atom. The average molecular weight is 391 g/mol. The van der Waals surface area contributed by atoms with Gasteiger partial charge in [-0.05, 0) is 74.1 Å². The van der Waals surface area contributed by atoms with Gasteiger partial charge in [0.1, 0.15) is 10.3 Å². The van der Waals surface area contributed by atoms with E-state index in [1.54, 1.807) is 11.8 Å². The Hall–Kier alpha value is -0.500. The summed E-state index contributed by atoms with van der Waals surface area (Å²) in [6.07, 6.45) is 0.893. The summed E-state index contributed by atoms with van der Waals surface area (Å²) in [4.78, 5) is 14.0. The molecule has 0 saturated carbocycles. The monoisotopic (exact) mass is 390 g/mol. The number of aliphatic hydroxyl groups excluding tert-OH is 1. The summed E-state index contributed by atoms with van der Waals surface area (Å²) in [6, 6.07) is 0.0745. The Balaban J connectivity index is 2.72. The summed E-state index contributed by atoms with van der Waals surface area (Å²) >= 11 is -1.19. The first-order chi connectivity index (χ1) is 11.7. The van der Waals surface area contributed by atoms with E-state index in [-0.39, 0.29) is 16.9 Å². The zero-order chi connectivity index (χ0) is 20.3. The summed E-state index contributed by atoms with van der Waals surface area (Å²) in [6.45, 7) is 17.0. The Kier molecular flexibility index (Phi) is 8.26. The van der Waals surface area contributed by atoms with Crippen LogP contribution in [0.15, 0.2) is 0 Å². The molecule has 0 radical (unpaired) electrons. The second-order valence-corrected chi connectivity index (χ2v) is 11.5. The molecule has 7 heteroatoms. The standard InChI is InChI=1S/C19H38N2O4S/c1-14(22)13-21(26(24)19(6,7)8)15(2)16-9-11-20(12-10-16)17(23)25-18(3,4)5/h14-16,22H,9-13H2,1-8H3/t14-,15-,26-/m0/s1. The molecule has 0 aliphatic carbocycles. The molecule has 6 nitrogen and oxygen atoms in total. The number of likely N-dealkylation sites (tertiary alicyclic amines) is 1. The molecule has 1 rings (SSSR count). The van der Waals surface area contributed by atoms with Crippen LogP contribution in [0.2, 0.25) is 0 Å². The lowest BCUT2D eigenvalue weighted by Crippen LogP contribution is -2.53. The number of rotatable bonds is 5. The first kappa shape index (κ1) is 23.5. The minimum absolute atomic E-state index is 0.0745. The predicted octanol–water partition coefficient (Wildman–Crippen LogP) is 3.17. The van der Waals surface area contributed by atoms with Crippen molar-refractivity contribution in [3.05, 3.63) is 0 Å². The van der Waals surface area contributed by atoms with Gasteiger partial charge >= 0.3 is 6.09 Å². The highest BCUT2D eigenvalue weighted by atomic mass is 32.2. The fourth-order valence-electron chi connectivity index (χ4n) is 3.12. The molecule has 1 fully saturated rings. The molecule has 0 aromatic carbocycles. The van der Waals surface area contributed by atoms with E-state index in [2.05, 4.69) is 6.92 Å². The Bertz CT molecular complexity index is 451. The number of carbonyl (C=O) groups is 1. The molecule has 1 saturated heterocycles. The summed E-state index contributed by atoms with van der Waals surface area (Å²) < 4.78 is 20.0. The molecule has 26 heavy (non-hydrogen) atoms. The van der Waals surface area contributed by atoms with E-state index in [1.807, 2.05) is 45.8 Å². The third-order valence-corrected chi connectivity index (χ3v) is 6.46. The van der Waals surface area contributed by atoms with Gasteiger partial charge in [0, 0.05) is 24.5 Å². The van der Waals surface area contributed by atoms with Gasteiger partial charge in [0.05, 0.1) is 18.7 Å². The predicted molar refractivity (Wildman–Crippen MR) is 106 cm³/mol. The van der Waals surface area contributed by atoms with Gasteiger partial charge < -0.3 is 19.3 Å². The Labute approximate surface area is 162 Å². The number of piperidine rings is 1. The SMILES string of the molecule is C[C@H](O)CN([C@@H](C)C1CCN(C(=O)OC(C)(C)C)CC1)[S@@+]([O-])C(C)(C)C. The van der Waals surface area contributed by atoms with Gasteiger partial charge in [0.25, 0.3) is 0 Å². The first-order valence-electron chi connectivity index (χ1n) is 9.57. The quantitative estimate of drug-likeness (QED) is 0.730. The van der Waals surface area contributed by atoms with Crippen LogP contribution in [0.3, 0.4) is 0 Å². The van der Waals surface area contributed by atoms with Gasteiger partial charge in [-0.2, -0.15) is 0 Å². The lowest BCUT2D eigenvalue weighted by Gasteiger charge is -2.42. The number of carbonyl (C=O) groups excluding carboxylic acids is 1. The highest BCUT2D eigenvalue weighted by Crippen LogP contribution is 2.30. The van der Waals surface area contributed by atoms with Crippen LogP contribution in [0.4, 0.5) is 4.79 Å². The van der Waals surface area contributed by atoms with Gasteiger partial charge in [0.15, 0.2) is 0 Å². The number of nitrogens with zero attached hydrogens (tertiary/aromatic N) is 2. The molecule has 1 N–H and O–H groups in total. The number of amides is 1. The number of aliphatic hydroxyl groups is 1. The van der Waals surface area contributed by atoms with Gasteiger partial charge in [-0.3, -0.25) is 0 Å². The molecule has 1 heterocycles. The molecule has 1 amide bonds. The molecule has 0 spiro atoms. The van der Waals surface area contributed by atoms with Crippen molar-refractivity contribution in [1.29, 1.82) is 0 Å². The lowest BCUT2D eigenvalue weighted by molar-refractivity contribution is 0.0151. The molecule has 154 valence electrons. The fraction of sp³-hybridized carbons (Fsp3) is 0.947. The topological polar surface area (TPSA) is 76.1 Å². The van der Waals surface area contributed by atoms with Crippen molar-refractivity contribution in [2.24, 2.45) is 5.92 Å². The van der Waals surface area contributed by atoms with Gasteiger partial charge in [-0.25, -0.2) is 4.79 Å².